The van der Waals surface area contributed by atoms with Gasteiger partial charge in [0.15, 0.2) is 9.84 Å². The third-order valence-corrected chi connectivity index (χ3v) is 6.87. The molecular weight excluding hydrogens is 278 g/mol. The van der Waals surface area contributed by atoms with E-state index in [4.69, 9.17) is 0 Å². The lowest BCUT2D eigenvalue weighted by Gasteiger charge is -2.11. The van der Waals surface area contributed by atoms with Crippen molar-refractivity contribution in [3.63, 3.8) is 0 Å². The Bertz CT molecular complexity index is 496. The van der Waals surface area contributed by atoms with Crippen LogP contribution in [0, 0.1) is 0 Å². The normalized spacial score (nSPS) is 17.2. The van der Waals surface area contributed by atoms with Crippen molar-refractivity contribution in [1.29, 1.82) is 0 Å². The topological polar surface area (TPSA) is 46.2 Å². The van der Waals surface area contributed by atoms with Crippen molar-refractivity contribution in [2.75, 3.05) is 18.1 Å². The third kappa shape index (κ3) is 4.04. The Hall–Kier alpha value is -0.390. The second kappa shape index (κ2) is 6.37. The van der Waals surface area contributed by atoms with Gasteiger partial charge in [-0.1, -0.05) is 6.92 Å². The number of thiophene rings is 1. The number of aryl methyl sites for hydroxylation is 2. The van der Waals surface area contributed by atoms with Crippen molar-refractivity contribution in [3.05, 3.63) is 21.4 Å². The first-order valence-electron chi connectivity index (χ1n) is 7.07. The van der Waals surface area contributed by atoms with Crippen molar-refractivity contribution >= 4 is 21.2 Å². The third-order valence-electron chi connectivity index (χ3n) is 3.75. The molecule has 1 aliphatic carbocycles. The molecule has 0 spiro atoms. The van der Waals surface area contributed by atoms with Crippen LogP contribution in [0.15, 0.2) is 6.07 Å². The highest BCUT2D eigenvalue weighted by molar-refractivity contribution is 7.91. The molecule has 0 aliphatic heterocycles. The molecule has 1 aromatic heterocycles. The monoisotopic (exact) mass is 301 g/mol. The van der Waals surface area contributed by atoms with Crippen molar-refractivity contribution in [2.24, 2.45) is 0 Å². The number of hydrogen-bond acceptors (Lipinski definition) is 4. The van der Waals surface area contributed by atoms with Gasteiger partial charge >= 0.3 is 0 Å². The Kier molecular flexibility index (Phi) is 5.03. The minimum atomic E-state index is -2.86. The number of hydrogen-bond donors (Lipinski definition) is 1. The molecule has 1 aromatic rings. The van der Waals surface area contributed by atoms with E-state index in [0.717, 1.165) is 0 Å². The molecular formula is C14H23NO2S2. The predicted molar refractivity (Wildman–Crippen MR) is 81.7 cm³/mol. The zero-order chi connectivity index (χ0) is 13.9. The lowest BCUT2D eigenvalue weighted by Crippen LogP contribution is -2.26. The molecule has 1 atom stereocenters. The summed E-state index contributed by atoms with van der Waals surface area (Å²) in [6.45, 7) is 4.36. The van der Waals surface area contributed by atoms with Crippen molar-refractivity contribution in [3.8, 4) is 0 Å². The highest BCUT2D eigenvalue weighted by atomic mass is 32.2. The average Bonchev–Trinajstić information content (AvgIpc) is 2.82. The standard InChI is InChI=1S/C14H23NO2S2/c1-3-19(16,17)9-8-15-11(2)14-10-12-6-4-5-7-13(12)18-14/h10-11,15H,3-9H2,1-2H3. The van der Waals surface area contributed by atoms with Crippen LogP contribution in [0.4, 0.5) is 0 Å². The average molecular weight is 301 g/mol. The smallest absolute Gasteiger partial charge is 0.151 e. The number of rotatable bonds is 6. The zero-order valence-corrected chi connectivity index (χ0v) is 13.4. The van der Waals surface area contributed by atoms with Crippen LogP contribution in [0.25, 0.3) is 0 Å². The summed E-state index contributed by atoms with van der Waals surface area (Å²) < 4.78 is 22.9. The van der Waals surface area contributed by atoms with Crippen LogP contribution in [-0.4, -0.2) is 26.5 Å². The van der Waals surface area contributed by atoms with Gasteiger partial charge in [-0.15, -0.1) is 11.3 Å². The predicted octanol–water partition coefficient (Wildman–Crippen LogP) is 2.71. The Labute approximate surface area is 120 Å². The van der Waals surface area contributed by atoms with Gasteiger partial charge in [-0.25, -0.2) is 8.42 Å². The van der Waals surface area contributed by atoms with Crippen LogP contribution in [0.3, 0.4) is 0 Å². The van der Waals surface area contributed by atoms with Crippen LogP contribution in [-0.2, 0) is 22.7 Å². The van der Waals surface area contributed by atoms with E-state index in [0.29, 0.717) is 6.54 Å². The van der Waals surface area contributed by atoms with E-state index in [-0.39, 0.29) is 17.5 Å². The molecule has 0 radical (unpaired) electrons. The van der Waals surface area contributed by atoms with Crippen LogP contribution < -0.4 is 5.32 Å². The summed E-state index contributed by atoms with van der Waals surface area (Å²) in [7, 11) is -2.86. The van der Waals surface area contributed by atoms with Crippen LogP contribution in [0.5, 0.6) is 0 Å². The van der Waals surface area contributed by atoms with Gasteiger partial charge in [0.05, 0.1) is 5.75 Å². The molecule has 108 valence electrons. The molecule has 0 saturated heterocycles. The molecule has 3 nitrogen and oxygen atoms in total. The van der Waals surface area contributed by atoms with E-state index in [2.05, 4.69) is 18.3 Å². The first kappa shape index (κ1) is 15.0. The molecule has 0 fully saturated rings. The molecule has 1 heterocycles. The molecule has 1 N–H and O–H groups in total. The first-order chi connectivity index (χ1) is 9.02. The fourth-order valence-corrected chi connectivity index (χ4v) is 4.40. The number of nitrogens with one attached hydrogen (secondary N) is 1. The van der Waals surface area contributed by atoms with Crippen molar-refractivity contribution < 1.29 is 8.42 Å². The van der Waals surface area contributed by atoms with Gasteiger partial charge in [-0.2, -0.15) is 0 Å². The van der Waals surface area contributed by atoms with E-state index >= 15 is 0 Å². The summed E-state index contributed by atoms with van der Waals surface area (Å²) in [5, 5.41) is 3.33. The maximum atomic E-state index is 11.4. The largest absolute Gasteiger partial charge is 0.308 e. The Balaban J connectivity index is 1.89. The number of sulfone groups is 1. The van der Waals surface area contributed by atoms with E-state index in [9.17, 15) is 8.42 Å². The Morgan fingerprint density at radius 2 is 2.11 bits per heavy atom. The highest BCUT2D eigenvalue weighted by Gasteiger charge is 2.16. The molecule has 0 bridgehead atoms. The molecule has 5 heteroatoms. The minimum Gasteiger partial charge on any atom is -0.308 e. The van der Waals surface area contributed by atoms with E-state index in [1.54, 1.807) is 6.92 Å². The summed E-state index contributed by atoms with van der Waals surface area (Å²) in [6, 6.07) is 2.56. The number of fused-ring (bicyclic) bond motifs is 1. The van der Waals surface area contributed by atoms with Gasteiger partial charge in [0, 0.05) is 28.1 Å². The highest BCUT2D eigenvalue weighted by Crippen LogP contribution is 2.32. The second-order valence-electron chi connectivity index (χ2n) is 5.22. The fourth-order valence-electron chi connectivity index (χ4n) is 2.40. The summed E-state index contributed by atoms with van der Waals surface area (Å²) in [4.78, 5) is 2.89. The lowest BCUT2D eigenvalue weighted by molar-refractivity contribution is 0.576. The van der Waals surface area contributed by atoms with E-state index in [1.165, 1.54) is 41.0 Å². The summed E-state index contributed by atoms with van der Waals surface area (Å²) in [5.74, 6) is 0.468. The maximum absolute atomic E-state index is 11.4. The minimum absolute atomic E-state index is 0.232. The van der Waals surface area contributed by atoms with E-state index < -0.39 is 9.84 Å². The SMILES string of the molecule is CCS(=O)(=O)CCNC(C)c1cc2c(s1)CCCC2. The summed E-state index contributed by atoms with van der Waals surface area (Å²) >= 11 is 1.90. The van der Waals surface area contributed by atoms with Gasteiger partial charge in [0.2, 0.25) is 0 Å². The van der Waals surface area contributed by atoms with E-state index in [1.807, 2.05) is 11.3 Å². The van der Waals surface area contributed by atoms with Gasteiger partial charge in [0.1, 0.15) is 0 Å². The summed E-state index contributed by atoms with van der Waals surface area (Å²) in [5.41, 5.74) is 1.51. The van der Waals surface area contributed by atoms with Crippen molar-refractivity contribution in [2.45, 2.75) is 45.6 Å². The molecule has 0 amide bonds. The second-order valence-corrected chi connectivity index (χ2v) is 8.86. The quantitative estimate of drug-likeness (QED) is 0.879. The van der Waals surface area contributed by atoms with Crippen LogP contribution in [0.1, 0.15) is 48.0 Å². The molecule has 1 aliphatic rings. The van der Waals surface area contributed by atoms with Gasteiger partial charge in [-0.3, -0.25) is 0 Å². The van der Waals surface area contributed by atoms with Crippen LogP contribution >= 0.6 is 11.3 Å². The van der Waals surface area contributed by atoms with Crippen molar-refractivity contribution in [1.82, 2.24) is 5.32 Å². The molecule has 19 heavy (non-hydrogen) atoms. The Morgan fingerprint density at radius 1 is 1.37 bits per heavy atom. The lowest BCUT2D eigenvalue weighted by atomic mass is 9.99. The summed E-state index contributed by atoms with van der Waals surface area (Å²) in [6.07, 6.45) is 5.04. The van der Waals surface area contributed by atoms with Gasteiger partial charge < -0.3 is 5.32 Å². The van der Waals surface area contributed by atoms with Crippen LogP contribution in [0.2, 0.25) is 0 Å². The fraction of sp³-hybridized carbons (Fsp3) is 0.714. The molecule has 0 saturated carbocycles. The molecule has 2 rings (SSSR count). The van der Waals surface area contributed by atoms with Gasteiger partial charge in [0.25, 0.3) is 0 Å². The molecule has 0 aromatic carbocycles. The van der Waals surface area contributed by atoms with Gasteiger partial charge in [-0.05, 0) is 44.2 Å². The molecule has 1 unspecified atom stereocenters. The Morgan fingerprint density at radius 3 is 2.79 bits per heavy atom. The first-order valence-corrected chi connectivity index (χ1v) is 9.71. The maximum Gasteiger partial charge on any atom is 0.151 e. The zero-order valence-electron chi connectivity index (χ0n) is 11.7.